The molecule has 31 heavy (non-hydrogen) atoms. The molecule has 0 bridgehead atoms. The second-order valence-corrected chi connectivity index (χ2v) is 7.99. The molecule has 3 aromatic rings. The van der Waals surface area contributed by atoms with Crippen LogP contribution in [0.15, 0.2) is 90.0 Å². The highest BCUT2D eigenvalue weighted by Crippen LogP contribution is 2.35. The van der Waals surface area contributed by atoms with Gasteiger partial charge in [0.2, 0.25) is 0 Å². The van der Waals surface area contributed by atoms with Gasteiger partial charge in [-0.05, 0) is 53.8 Å². The van der Waals surface area contributed by atoms with Gasteiger partial charge in [0.05, 0.1) is 6.61 Å². The second-order valence-electron chi connectivity index (χ2n) is 7.55. The molecule has 0 radical (unpaired) electrons. The van der Waals surface area contributed by atoms with Gasteiger partial charge in [-0.2, -0.15) is 0 Å². The molecule has 0 aromatic heterocycles. The van der Waals surface area contributed by atoms with Crippen LogP contribution in [0.2, 0.25) is 5.02 Å². The number of halogens is 1. The Labute approximate surface area is 186 Å². The van der Waals surface area contributed by atoms with Crippen molar-refractivity contribution in [3.8, 4) is 16.9 Å². The third-order valence-corrected chi connectivity index (χ3v) is 5.89. The summed E-state index contributed by atoms with van der Waals surface area (Å²) in [6, 6.07) is 24.7. The number of carbonyl (C=O) groups is 1. The van der Waals surface area contributed by atoms with E-state index < -0.39 is 0 Å². The number of allylic oxidation sites excluding steroid dienone is 1. The molecule has 1 atom stereocenters. The van der Waals surface area contributed by atoms with E-state index in [4.69, 9.17) is 21.6 Å². The van der Waals surface area contributed by atoms with Crippen LogP contribution in [-0.2, 0) is 4.89 Å². The lowest BCUT2D eigenvalue weighted by molar-refractivity contribution is -0.235. The van der Waals surface area contributed by atoms with Crippen LogP contribution >= 0.6 is 11.6 Å². The van der Waals surface area contributed by atoms with E-state index in [2.05, 4.69) is 4.89 Å². The molecule has 0 saturated heterocycles. The lowest BCUT2D eigenvalue weighted by Gasteiger charge is -2.15. The fourth-order valence-electron chi connectivity index (χ4n) is 3.96. The summed E-state index contributed by atoms with van der Waals surface area (Å²) in [4.78, 5) is 17.6. The number of hydrogen-bond donors (Lipinski definition) is 1. The third kappa shape index (κ3) is 5.05. The highest BCUT2D eigenvalue weighted by Gasteiger charge is 2.30. The lowest BCUT2D eigenvalue weighted by atomic mass is 9.96. The zero-order valence-electron chi connectivity index (χ0n) is 17.0. The normalized spacial score (nSPS) is 15.9. The molecule has 0 spiro atoms. The fourth-order valence-corrected chi connectivity index (χ4v) is 4.09. The Morgan fingerprint density at radius 3 is 2.23 bits per heavy atom. The highest BCUT2D eigenvalue weighted by atomic mass is 35.5. The van der Waals surface area contributed by atoms with Gasteiger partial charge in [0, 0.05) is 22.1 Å². The fraction of sp³-hybridized carbons (Fsp3) is 0.192. The minimum atomic E-state index is -0.0306. The molecular formula is C26H23ClO4. The molecule has 0 heterocycles. The van der Waals surface area contributed by atoms with Gasteiger partial charge in [0.15, 0.2) is 5.78 Å². The molecule has 3 aromatic carbocycles. The van der Waals surface area contributed by atoms with Crippen molar-refractivity contribution in [1.29, 1.82) is 0 Å². The third-order valence-electron chi connectivity index (χ3n) is 5.64. The lowest BCUT2D eigenvalue weighted by Crippen LogP contribution is -2.16. The number of carbonyl (C=O) groups excluding carboxylic acids is 1. The summed E-state index contributed by atoms with van der Waals surface area (Å²) in [5.41, 5.74) is 4.19. The van der Waals surface area contributed by atoms with E-state index >= 15 is 0 Å². The van der Waals surface area contributed by atoms with E-state index in [1.807, 2.05) is 78.9 Å². The number of para-hydroxylation sites is 1. The quantitative estimate of drug-likeness (QED) is 0.251. The van der Waals surface area contributed by atoms with E-state index in [9.17, 15) is 4.79 Å². The number of hydrogen-bond acceptors (Lipinski definition) is 4. The van der Waals surface area contributed by atoms with Crippen LogP contribution in [0.25, 0.3) is 11.1 Å². The summed E-state index contributed by atoms with van der Waals surface area (Å²) in [5.74, 6) is 0.779. The first kappa shape index (κ1) is 21.3. The number of ketones is 1. The standard InChI is InChI=1S/C26H23ClO4/c27-22-13-10-19(11-14-22)18-6-8-20(9-7-18)26(28)24-15-12-21(25(24)17-31-29)16-30-23-4-2-1-3-5-23/h1-11,13-14,21,29H,12,15-17H2. The average Bonchev–Trinajstić information content (AvgIpc) is 3.21. The van der Waals surface area contributed by atoms with Crippen molar-refractivity contribution in [1.82, 2.24) is 0 Å². The Balaban J connectivity index is 1.51. The van der Waals surface area contributed by atoms with Crippen LogP contribution < -0.4 is 4.74 Å². The summed E-state index contributed by atoms with van der Waals surface area (Å²) in [6.45, 7) is 0.446. The Morgan fingerprint density at radius 1 is 0.935 bits per heavy atom. The summed E-state index contributed by atoms with van der Waals surface area (Å²) >= 11 is 5.96. The van der Waals surface area contributed by atoms with Crippen molar-refractivity contribution in [2.24, 2.45) is 5.92 Å². The Bertz CT molecular complexity index is 1060. The van der Waals surface area contributed by atoms with E-state index in [0.717, 1.165) is 28.9 Å². The molecule has 4 nitrogen and oxygen atoms in total. The maximum absolute atomic E-state index is 13.2. The average molecular weight is 435 g/mol. The molecule has 1 unspecified atom stereocenters. The van der Waals surface area contributed by atoms with E-state index in [-0.39, 0.29) is 18.3 Å². The summed E-state index contributed by atoms with van der Waals surface area (Å²) < 4.78 is 5.88. The van der Waals surface area contributed by atoms with Gasteiger partial charge in [0.25, 0.3) is 0 Å². The topological polar surface area (TPSA) is 55.8 Å². The van der Waals surface area contributed by atoms with E-state index in [1.54, 1.807) is 0 Å². The number of rotatable bonds is 8. The van der Waals surface area contributed by atoms with Gasteiger partial charge in [-0.25, -0.2) is 4.89 Å². The first-order valence-electron chi connectivity index (χ1n) is 10.2. The van der Waals surface area contributed by atoms with Crippen LogP contribution in [0, 0.1) is 5.92 Å². The van der Waals surface area contributed by atoms with Gasteiger partial charge >= 0.3 is 0 Å². The monoisotopic (exact) mass is 434 g/mol. The van der Waals surface area contributed by atoms with Crippen LogP contribution in [-0.4, -0.2) is 24.3 Å². The van der Waals surface area contributed by atoms with E-state index in [1.165, 1.54) is 0 Å². The van der Waals surface area contributed by atoms with Crippen molar-refractivity contribution in [3.05, 3.63) is 101 Å². The minimum absolute atomic E-state index is 0.00669. The van der Waals surface area contributed by atoms with Crippen LogP contribution in [0.3, 0.4) is 0 Å². The SMILES string of the molecule is O=C(C1=C(COO)C(COc2ccccc2)CC1)c1ccc(-c2ccc(Cl)cc2)cc1. The highest BCUT2D eigenvalue weighted by molar-refractivity contribution is 6.30. The van der Waals surface area contributed by atoms with Crippen molar-refractivity contribution in [2.45, 2.75) is 12.8 Å². The molecule has 0 fully saturated rings. The van der Waals surface area contributed by atoms with Gasteiger partial charge in [-0.1, -0.05) is 66.2 Å². The molecule has 0 amide bonds. The maximum atomic E-state index is 13.2. The van der Waals surface area contributed by atoms with Gasteiger partial charge in [-0.15, -0.1) is 0 Å². The summed E-state index contributed by atoms with van der Waals surface area (Å²) in [7, 11) is 0. The first-order chi connectivity index (χ1) is 15.2. The van der Waals surface area contributed by atoms with Gasteiger partial charge in [0.1, 0.15) is 12.4 Å². The molecule has 1 aliphatic carbocycles. The predicted molar refractivity (Wildman–Crippen MR) is 121 cm³/mol. The maximum Gasteiger partial charge on any atom is 0.189 e. The molecule has 0 saturated carbocycles. The molecule has 1 N–H and O–H groups in total. The molecule has 0 aliphatic heterocycles. The van der Waals surface area contributed by atoms with Crippen molar-refractivity contribution < 1.29 is 19.7 Å². The Morgan fingerprint density at radius 2 is 1.58 bits per heavy atom. The molecule has 4 rings (SSSR count). The summed E-state index contributed by atoms with van der Waals surface area (Å²) in [6.07, 6.45) is 1.43. The van der Waals surface area contributed by atoms with Gasteiger partial charge in [-0.3, -0.25) is 10.1 Å². The summed E-state index contributed by atoms with van der Waals surface area (Å²) in [5, 5.41) is 9.77. The molecule has 5 heteroatoms. The second kappa shape index (κ2) is 9.92. The number of ether oxygens (including phenoxy) is 1. The van der Waals surface area contributed by atoms with Crippen molar-refractivity contribution in [2.75, 3.05) is 13.2 Å². The molecular weight excluding hydrogens is 412 g/mol. The minimum Gasteiger partial charge on any atom is -0.493 e. The number of benzene rings is 3. The van der Waals surface area contributed by atoms with Crippen LogP contribution in [0.4, 0.5) is 0 Å². The number of Topliss-reactive ketones (excluding diaryl/α,β-unsaturated/α-hetero) is 1. The largest absolute Gasteiger partial charge is 0.493 e. The molecule has 1 aliphatic rings. The zero-order valence-corrected chi connectivity index (χ0v) is 17.7. The molecule has 158 valence electrons. The van der Waals surface area contributed by atoms with Crippen molar-refractivity contribution in [3.63, 3.8) is 0 Å². The van der Waals surface area contributed by atoms with Crippen molar-refractivity contribution >= 4 is 17.4 Å². The predicted octanol–water partition coefficient (Wildman–Crippen LogP) is 6.46. The first-order valence-corrected chi connectivity index (χ1v) is 10.6. The Hall–Kier alpha value is -2.92. The Kier molecular flexibility index (Phi) is 6.82. The smallest absolute Gasteiger partial charge is 0.189 e. The van der Waals surface area contributed by atoms with E-state index in [0.29, 0.717) is 29.2 Å². The zero-order chi connectivity index (χ0) is 21.6. The van der Waals surface area contributed by atoms with Crippen LogP contribution in [0.1, 0.15) is 23.2 Å². The van der Waals surface area contributed by atoms with Crippen LogP contribution in [0.5, 0.6) is 5.75 Å². The van der Waals surface area contributed by atoms with Gasteiger partial charge < -0.3 is 4.74 Å².